The molecule has 1 N–H and O–H groups in total. The van der Waals surface area contributed by atoms with Crippen LogP contribution >= 0.6 is 12.2 Å². The van der Waals surface area contributed by atoms with Gasteiger partial charge in [-0.3, -0.25) is 19.3 Å². The third-order valence-electron chi connectivity index (χ3n) is 7.01. The maximum absolute atomic E-state index is 13.6. The summed E-state index contributed by atoms with van der Waals surface area (Å²) >= 11 is 5.79. The molecule has 0 bridgehead atoms. The van der Waals surface area contributed by atoms with Crippen LogP contribution in [0.25, 0.3) is 0 Å². The monoisotopic (exact) mass is 542 g/mol. The van der Waals surface area contributed by atoms with Crippen LogP contribution in [0.2, 0.25) is 0 Å². The number of nitrogens with zero attached hydrogens (tertiary/aromatic N) is 3. The average molecular weight is 543 g/mol. The highest BCUT2D eigenvalue weighted by Gasteiger charge is 2.43. The Bertz CT molecular complexity index is 1360. The number of ether oxygens (including phenoxy) is 1. The Morgan fingerprint density at radius 2 is 1.64 bits per heavy atom. The lowest BCUT2D eigenvalue weighted by Gasteiger charge is -2.24. The minimum Gasteiger partial charge on any atom is -0.497 e. The van der Waals surface area contributed by atoms with Gasteiger partial charge >= 0.3 is 0 Å². The molecule has 2 heterocycles. The van der Waals surface area contributed by atoms with Gasteiger partial charge in [0.15, 0.2) is 5.11 Å². The van der Waals surface area contributed by atoms with Crippen molar-refractivity contribution in [1.29, 1.82) is 0 Å². The molecule has 2 aliphatic heterocycles. The number of anilines is 2. The van der Waals surface area contributed by atoms with Gasteiger partial charge < -0.3 is 19.9 Å². The van der Waals surface area contributed by atoms with Gasteiger partial charge in [0.1, 0.15) is 11.8 Å². The van der Waals surface area contributed by atoms with Crippen molar-refractivity contribution < 1.29 is 19.1 Å². The van der Waals surface area contributed by atoms with Gasteiger partial charge in [0.2, 0.25) is 11.8 Å². The van der Waals surface area contributed by atoms with Gasteiger partial charge in [0.25, 0.3) is 5.91 Å². The molecule has 0 spiro atoms. The number of hydrogen-bond donors (Lipinski definition) is 1. The summed E-state index contributed by atoms with van der Waals surface area (Å²) in [5.41, 5.74) is 3.37. The van der Waals surface area contributed by atoms with E-state index in [1.807, 2.05) is 59.5 Å². The summed E-state index contributed by atoms with van der Waals surface area (Å²) in [6, 6.07) is 23.7. The molecule has 0 aromatic heterocycles. The number of benzene rings is 3. The molecule has 2 fully saturated rings. The highest BCUT2D eigenvalue weighted by atomic mass is 32.1. The van der Waals surface area contributed by atoms with Gasteiger partial charge in [-0.2, -0.15) is 0 Å². The normalized spacial score (nSPS) is 17.2. The van der Waals surface area contributed by atoms with E-state index in [-0.39, 0.29) is 24.1 Å². The summed E-state index contributed by atoms with van der Waals surface area (Å²) in [5.74, 6) is 0.338. The molecule has 9 heteroatoms. The minimum absolute atomic E-state index is 0.0450. The summed E-state index contributed by atoms with van der Waals surface area (Å²) in [7, 11) is 1.58. The van der Waals surface area contributed by atoms with Crippen LogP contribution in [0.5, 0.6) is 5.75 Å². The number of thiocarbonyl (C=S) groups is 1. The Labute approximate surface area is 233 Å². The van der Waals surface area contributed by atoms with E-state index < -0.39 is 6.04 Å². The molecule has 8 nitrogen and oxygen atoms in total. The van der Waals surface area contributed by atoms with E-state index in [1.165, 1.54) is 0 Å². The van der Waals surface area contributed by atoms with Crippen LogP contribution in [0.15, 0.2) is 78.9 Å². The van der Waals surface area contributed by atoms with Crippen molar-refractivity contribution in [2.45, 2.75) is 38.4 Å². The Hall–Kier alpha value is -4.24. The number of carbonyl (C=O) groups excluding carboxylic acids is 3. The molecule has 200 valence electrons. The summed E-state index contributed by atoms with van der Waals surface area (Å²) in [5, 5.41) is 3.27. The Morgan fingerprint density at radius 1 is 0.949 bits per heavy atom. The molecule has 1 atom stereocenters. The standard InChI is InChI=1S/C30H30N4O4S/c1-38-25-15-11-23(12-16-25)31-27(35)18-26-29(37)34(20-21-6-3-2-4-7-21)30(39)33(26)19-22-9-13-24(14-10-22)32-17-5-8-28(32)36/h2-4,6-7,9-16,26H,5,8,17-20H2,1H3,(H,31,35)/t26-/m1/s1. The van der Waals surface area contributed by atoms with Crippen molar-refractivity contribution in [2.24, 2.45) is 0 Å². The van der Waals surface area contributed by atoms with E-state index >= 15 is 0 Å². The van der Waals surface area contributed by atoms with Gasteiger partial charge in [-0.25, -0.2) is 0 Å². The first-order valence-electron chi connectivity index (χ1n) is 12.9. The summed E-state index contributed by atoms with van der Waals surface area (Å²) in [6.45, 7) is 1.43. The molecule has 0 unspecified atom stereocenters. The van der Waals surface area contributed by atoms with Gasteiger partial charge in [-0.1, -0.05) is 42.5 Å². The highest BCUT2D eigenvalue weighted by Crippen LogP contribution is 2.27. The van der Waals surface area contributed by atoms with E-state index in [0.717, 1.165) is 29.8 Å². The molecule has 3 aromatic carbocycles. The third-order valence-corrected chi connectivity index (χ3v) is 7.47. The van der Waals surface area contributed by atoms with Crippen molar-refractivity contribution in [3.8, 4) is 5.75 Å². The second-order valence-corrected chi connectivity index (χ2v) is 10.00. The van der Waals surface area contributed by atoms with Crippen LogP contribution in [-0.4, -0.2) is 52.3 Å². The Kier molecular flexibility index (Phi) is 7.88. The molecule has 39 heavy (non-hydrogen) atoms. The predicted octanol–water partition coefficient (Wildman–Crippen LogP) is 4.35. The predicted molar refractivity (Wildman–Crippen MR) is 153 cm³/mol. The van der Waals surface area contributed by atoms with Gasteiger partial charge in [-0.15, -0.1) is 0 Å². The van der Waals surface area contributed by atoms with Crippen LogP contribution in [0.4, 0.5) is 11.4 Å². The lowest BCUT2D eigenvalue weighted by Crippen LogP contribution is -2.37. The fourth-order valence-corrected chi connectivity index (χ4v) is 5.29. The number of rotatable bonds is 9. The smallest absolute Gasteiger partial charge is 0.252 e. The zero-order valence-electron chi connectivity index (χ0n) is 21.7. The maximum atomic E-state index is 13.6. The molecule has 0 radical (unpaired) electrons. The van der Waals surface area contributed by atoms with E-state index in [4.69, 9.17) is 17.0 Å². The molecule has 0 aliphatic carbocycles. The molecule has 0 saturated carbocycles. The Balaban J connectivity index is 1.34. The molecular formula is C30H30N4O4S. The van der Waals surface area contributed by atoms with Crippen molar-refractivity contribution in [3.63, 3.8) is 0 Å². The minimum atomic E-state index is -0.737. The second-order valence-electron chi connectivity index (χ2n) is 9.63. The first-order chi connectivity index (χ1) is 18.9. The molecular weight excluding hydrogens is 512 g/mol. The van der Waals surface area contributed by atoms with Crippen molar-refractivity contribution in [3.05, 3.63) is 90.0 Å². The third kappa shape index (κ3) is 5.93. The van der Waals surface area contributed by atoms with Crippen LogP contribution in [-0.2, 0) is 27.5 Å². The quantitative estimate of drug-likeness (QED) is 0.405. The Morgan fingerprint density at radius 3 is 2.28 bits per heavy atom. The van der Waals surface area contributed by atoms with Crippen LogP contribution in [0, 0.1) is 0 Å². The van der Waals surface area contributed by atoms with Crippen molar-refractivity contribution in [2.75, 3.05) is 23.9 Å². The molecule has 5 rings (SSSR count). The van der Waals surface area contributed by atoms with Crippen LogP contribution in [0.1, 0.15) is 30.4 Å². The van der Waals surface area contributed by atoms with Crippen molar-refractivity contribution >= 4 is 46.4 Å². The van der Waals surface area contributed by atoms with Gasteiger partial charge in [0.05, 0.1) is 20.1 Å². The second kappa shape index (κ2) is 11.7. The topological polar surface area (TPSA) is 82.2 Å². The number of nitrogens with one attached hydrogen (secondary N) is 1. The lowest BCUT2D eigenvalue weighted by atomic mass is 10.1. The number of carbonyl (C=O) groups is 3. The molecule has 2 saturated heterocycles. The van der Waals surface area contributed by atoms with Crippen LogP contribution in [0.3, 0.4) is 0 Å². The highest BCUT2D eigenvalue weighted by molar-refractivity contribution is 7.80. The zero-order chi connectivity index (χ0) is 27.4. The largest absolute Gasteiger partial charge is 0.497 e. The van der Waals surface area contributed by atoms with Gasteiger partial charge in [0, 0.05) is 30.9 Å². The number of hydrogen-bond acceptors (Lipinski definition) is 5. The van der Waals surface area contributed by atoms with E-state index in [2.05, 4.69) is 5.32 Å². The SMILES string of the molecule is COc1ccc(NC(=O)C[C@@H]2C(=O)N(Cc3ccccc3)C(=S)N2Cc2ccc(N3CCCC3=O)cc2)cc1. The fourth-order valence-electron chi connectivity index (χ4n) is 4.94. The number of amides is 3. The molecule has 3 amide bonds. The lowest BCUT2D eigenvalue weighted by molar-refractivity contribution is -0.131. The first-order valence-corrected chi connectivity index (χ1v) is 13.3. The summed E-state index contributed by atoms with van der Waals surface area (Å²) < 4.78 is 5.18. The first kappa shape index (κ1) is 26.4. The molecule has 2 aliphatic rings. The molecule has 3 aromatic rings. The van der Waals surface area contributed by atoms with Crippen LogP contribution < -0.4 is 15.0 Å². The van der Waals surface area contributed by atoms with E-state index in [0.29, 0.717) is 36.1 Å². The van der Waals surface area contributed by atoms with E-state index in [9.17, 15) is 14.4 Å². The number of methoxy groups -OCH3 is 1. The zero-order valence-corrected chi connectivity index (χ0v) is 22.5. The van der Waals surface area contributed by atoms with E-state index in [1.54, 1.807) is 41.2 Å². The summed E-state index contributed by atoms with van der Waals surface area (Å²) in [4.78, 5) is 44.0. The maximum Gasteiger partial charge on any atom is 0.252 e. The summed E-state index contributed by atoms with van der Waals surface area (Å²) in [6.07, 6.45) is 1.39. The fraction of sp³-hybridized carbons (Fsp3) is 0.267. The average Bonchev–Trinajstić information content (AvgIpc) is 3.47. The van der Waals surface area contributed by atoms with Gasteiger partial charge in [-0.05, 0) is 66.2 Å². The van der Waals surface area contributed by atoms with Crippen molar-refractivity contribution in [1.82, 2.24) is 9.80 Å².